The number of oxazole rings is 1. The summed E-state index contributed by atoms with van der Waals surface area (Å²) >= 11 is 0. The van der Waals surface area contributed by atoms with Crippen LogP contribution in [0.4, 0.5) is 0 Å². The van der Waals surface area contributed by atoms with E-state index >= 15 is 0 Å². The number of halogens is 1. The maximum absolute atomic E-state index is 13.8. The molecule has 12 heteroatoms. The van der Waals surface area contributed by atoms with E-state index in [4.69, 9.17) is 13.9 Å². The van der Waals surface area contributed by atoms with E-state index in [9.17, 15) is 14.4 Å². The Morgan fingerprint density at radius 1 is 1.11 bits per heavy atom. The van der Waals surface area contributed by atoms with Crippen LogP contribution in [-0.4, -0.2) is 66.5 Å². The Bertz CT molecular complexity index is 1490. The first-order valence-electron chi connectivity index (χ1n) is 14.7. The number of nitrogens with one attached hydrogen (secondary N) is 3. The SMILES string of the molecule is COc1ccc2cc1OCCCN(C(=O)[C@H]1Cc3ccccc3CN1)CC(=O)N[C@@H](C(C)C)C(=O)NCc1nc-2oc1C.Cl. The monoisotopic (exact) mass is 625 g/mol. The average Bonchev–Trinajstić information content (AvgIpc) is 3.38. The van der Waals surface area contributed by atoms with E-state index < -0.39 is 18.0 Å². The molecule has 3 aromatic rings. The van der Waals surface area contributed by atoms with Crippen LogP contribution in [0.25, 0.3) is 11.5 Å². The number of hydrogen-bond acceptors (Lipinski definition) is 8. The Hall–Kier alpha value is -4.09. The van der Waals surface area contributed by atoms with Gasteiger partial charge in [0.15, 0.2) is 11.5 Å². The minimum absolute atomic E-state index is 0. The third-order valence-electron chi connectivity index (χ3n) is 7.85. The van der Waals surface area contributed by atoms with Crippen LogP contribution in [0.15, 0.2) is 46.9 Å². The molecule has 5 rings (SSSR count). The lowest BCUT2D eigenvalue weighted by Gasteiger charge is -2.31. The molecule has 0 saturated carbocycles. The molecule has 2 atom stereocenters. The Balaban J connectivity index is 0.00000442. The Labute approximate surface area is 263 Å². The molecule has 0 fully saturated rings. The van der Waals surface area contributed by atoms with Crippen molar-refractivity contribution in [1.29, 1.82) is 0 Å². The van der Waals surface area contributed by atoms with Crippen LogP contribution in [0.5, 0.6) is 11.5 Å². The second-order valence-electron chi connectivity index (χ2n) is 11.3. The number of carbonyl (C=O) groups excluding carboxylic acids is 3. The van der Waals surface area contributed by atoms with E-state index in [0.29, 0.717) is 53.8 Å². The van der Waals surface area contributed by atoms with Crippen molar-refractivity contribution in [3.8, 4) is 23.0 Å². The fraction of sp³-hybridized carbons (Fsp3) is 0.438. The van der Waals surface area contributed by atoms with Crippen LogP contribution in [0.2, 0.25) is 0 Å². The van der Waals surface area contributed by atoms with E-state index in [2.05, 4.69) is 20.9 Å². The van der Waals surface area contributed by atoms with Crippen molar-refractivity contribution in [3.63, 3.8) is 0 Å². The van der Waals surface area contributed by atoms with Crippen LogP contribution in [0, 0.1) is 12.8 Å². The molecule has 0 radical (unpaired) electrons. The number of aromatic nitrogens is 1. The summed E-state index contributed by atoms with van der Waals surface area (Å²) < 4.78 is 17.5. The summed E-state index contributed by atoms with van der Waals surface area (Å²) in [5.74, 6) is 0.922. The molecule has 2 aromatic carbocycles. The molecule has 3 N–H and O–H groups in total. The lowest BCUT2D eigenvalue weighted by Crippen LogP contribution is -2.55. The standard InChI is InChI=1S/C32H39N5O6.ClH/c1-19(2)29-30(39)34-17-25-20(3)43-31(35-25)22-10-11-26(41-4)27(15-22)42-13-7-12-37(18-28(38)36-29)32(40)24-14-21-8-5-6-9-23(21)16-33-24;/h5-6,8-11,15,19,24,29,33H,7,12-14,16-18H2,1-4H3,(H,34,39)(H,36,38);1H/t24-,29+;/m1./s1. The number of rotatable bonds is 3. The highest BCUT2D eigenvalue weighted by atomic mass is 35.5. The summed E-state index contributed by atoms with van der Waals surface area (Å²) in [5, 5.41) is 9.06. The highest BCUT2D eigenvalue weighted by Gasteiger charge is 2.31. The van der Waals surface area contributed by atoms with E-state index in [1.165, 1.54) is 0 Å². The minimum Gasteiger partial charge on any atom is -0.493 e. The van der Waals surface area contributed by atoms with E-state index in [-0.39, 0.29) is 56.4 Å². The van der Waals surface area contributed by atoms with Crippen molar-refractivity contribution in [2.24, 2.45) is 5.92 Å². The third kappa shape index (κ3) is 7.51. The van der Waals surface area contributed by atoms with Gasteiger partial charge in [0.25, 0.3) is 0 Å². The van der Waals surface area contributed by atoms with Gasteiger partial charge in [-0.15, -0.1) is 12.4 Å². The van der Waals surface area contributed by atoms with E-state index in [1.54, 1.807) is 31.1 Å². The van der Waals surface area contributed by atoms with Gasteiger partial charge in [0, 0.05) is 18.7 Å². The number of methoxy groups -OCH3 is 1. The molecule has 3 heterocycles. The molecule has 0 spiro atoms. The van der Waals surface area contributed by atoms with Crippen molar-refractivity contribution in [1.82, 2.24) is 25.8 Å². The minimum atomic E-state index is -0.790. The summed E-state index contributed by atoms with van der Waals surface area (Å²) in [6.45, 7) is 6.60. The fourth-order valence-electron chi connectivity index (χ4n) is 5.40. The molecule has 1 aromatic heterocycles. The molecule has 0 saturated heterocycles. The second kappa shape index (κ2) is 14.6. The molecule has 4 bridgehead atoms. The topological polar surface area (TPSA) is 135 Å². The molecule has 2 aliphatic heterocycles. The van der Waals surface area contributed by atoms with E-state index in [1.807, 2.05) is 44.2 Å². The fourth-order valence-corrected chi connectivity index (χ4v) is 5.40. The Kier molecular flexibility index (Phi) is 10.9. The Morgan fingerprint density at radius 3 is 2.64 bits per heavy atom. The van der Waals surface area contributed by atoms with Gasteiger partial charge >= 0.3 is 0 Å². The van der Waals surface area contributed by atoms with Crippen LogP contribution in [0.1, 0.15) is 42.8 Å². The number of amides is 3. The van der Waals surface area contributed by atoms with Gasteiger partial charge < -0.3 is 34.7 Å². The summed E-state index contributed by atoms with van der Waals surface area (Å²) in [6, 6.07) is 12.2. The summed E-state index contributed by atoms with van der Waals surface area (Å²) in [4.78, 5) is 46.4. The number of fused-ring (bicyclic) bond motifs is 6. The van der Waals surface area contributed by atoms with Crippen LogP contribution >= 0.6 is 12.4 Å². The van der Waals surface area contributed by atoms with Crippen molar-refractivity contribution in [3.05, 3.63) is 65.0 Å². The predicted molar refractivity (Wildman–Crippen MR) is 167 cm³/mol. The molecule has 44 heavy (non-hydrogen) atoms. The Morgan fingerprint density at radius 2 is 1.89 bits per heavy atom. The van der Waals surface area contributed by atoms with Gasteiger partial charge in [-0.3, -0.25) is 14.4 Å². The molecular formula is C32H40ClN5O6. The number of ether oxygens (including phenoxy) is 2. The van der Waals surface area contributed by atoms with Crippen molar-refractivity contribution in [2.75, 3.05) is 26.8 Å². The first kappa shape index (κ1) is 32.8. The quantitative estimate of drug-likeness (QED) is 0.404. The smallest absolute Gasteiger partial charge is 0.243 e. The zero-order valence-corrected chi connectivity index (χ0v) is 26.3. The van der Waals surface area contributed by atoms with Crippen molar-refractivity contribution >= 4 is 30.1 Å². The highest BCUT2D eigenvalue weighted by molar-refractivity contribution is 5.91. The van der Waals surface area contributed by atoms with Gasteiger partial charge in [-0.25, -0.2) is 4.98 Å². The van der Waals surface area contributed by atoms with Gasteiger partial charge in [0.05, 0.1) is 32.8 Å². The predicted octanol–water partition coefficient (Wildman–Crippen LogP) is 3.16. The normalized spacial score (nSPS) is 19.3. The van der Waals surface area contributed by atoms with Gasteiger partial charge in [0.2, 0.25) is 23.6 Å². The maximum Gasteiger partial charge on any atom is 0.243 e. The zero-order chi connectivity index (χ0) is 30.5. The van der Waals surface area contributed by atoms with Crippen LogP contribution in [0.3, 0.4) is 0 Å². The average molecular weight is 626 g/mol. The van der Waals surface area contributed by atoms with Gasteiger partial charge in [0.1, 0.15) is 17.5 Å². The molecule has 0 unspecified atom stereocenters. The molecule has 2 aliphatic rings. The molecule has 11 nitrogen and oxygen atoms in total. The number of aryl methyl sites for hydroxylation is 1. The summed E-state index contributed by atoms with van der Waals surface area (Å²) in [6.07, 6.45) is 0.998. The first-order valence-corrected chi connectivity index (χ1v) is 14.7. The lowest BCUT2D eigenvalue weighted by atomic mass is 9.95. The summed E-state index contributed by atoms with van der Waals surface area (Å²) in [7, 11) is 1.56. The second-order valence-corrected chi connectivity index (χ2v) is 11.3. The lowest BCUT2D eigenvalue weighted by molar-refractivity contribution is -0.139. The third-order valence-corrected chi connectivity index (χ3v) is 7.85. The largest absolute Gasteiger partial charge is 0.493 e. The van der Waals surface area contributed by atoms with Crippen LogP contribution < -0.4 is 25.4 Å². The van der Waals surface area contributed by atoms with Crippen molar-refractivity contribution < 1.29 is 28.3 Å². The zero-order valence-electron chi connectivity index (χ0n) is 25.5. The number of hydrogen-bond donors (Lipinski definition) is 3. The number of carbonyl (C=O) groups is 3. The molecule has 236 valence electrons. The molecular weight excluding hydrogens is 586 g/mol. The van der Waals surface area contributed by atoms with Gasteiger partial charge in [-0.1, -0.05) is 38.1 Å². The number of nitrogens with zero attached hydrogens (tertiary/aromatic N) is 2. The van der Waals surface area contributed by atoms with Crippen LogP contribution in [-0.2, 0) is 33.9 Å². The van der Waals surface area contributed by atoms with Gasteiger partial charge in [-0.05, 0) is 55.0 Å². The molecule has 3 amide bonds. The first-order chi connectivity index (χ1) is 20.7. The van der Waals surface area contributed by atoms with Gasteiger partial charge in [-0.2, -0.15) is 0 Å². The number of benzene rings is 2. The highest BCUT2D eigenvalue weighted by Crippen LogP contribution is 2.33. The van der Waals surface area contributed by atoms with Crippen molar-refractivity contribution in [2.45, 2.75) is 58.8 Å². The maximum atomic E-state index is 13.8. The molecule has 0 aliphatic carbocycles. The summed E-state index contributed by atoms with van der Waals surface area (Å²) in [5.41, 5.74) is 3.56. The van der Waals surface area contributed by atoms with E-state index in [0.717, 1.165) is 11.1 Å².